The molecular formula is C11H17NO. The van der Waals surface area contributed by atoms with Crippen LogP contribution in [0.3, 0.4) is 0 Å². The molecule has 72 valence electrons. The Balaban J connectivity index is 2.27. The van der Waals surface area contributed by atoms with E-state index in [9.17, 15) is 0 Å². The number of hydrogen-bond acceptors (Lipinski definition) is 2. The van der Waals surface area contributed by atoms with Crippen molar-refractivity contribution in [3.63, 3.8) is 0 Å². The first-order valence-electron chi connectivity index (χ1n) is 4.76. The topological polar surface area (TPSA) is 35.2 Å². The van der Waals surface area contributed by atoms with Crippen LogP contribution in [0.5, 0.6) is 5.75 Å². The summed E-state index contributed by atoms with van der Waals surface area (Å²) in [5.41, 5.74) is 5.81. The second-order valence-electron chi connectivity index (χ2n) is 3.17. The molecule has 1 aromatic rings. The zero-order valence-corrected chi connectivity index (χ0v) is 8.07. The maximum absolute atomic E-state index is 5.81. The van der Waals surface area contributed by atoms with Crippen molar-refractivity contribution in [1.29, 1.82) is 0 Å². The van der Waals surface area contributed by atoms with Gasteiger partial charge in [0.2, 0.25) is 0 Å². The van der Waals surface area contributed by atoms with E-state index < -0.39 is 0 Å². The average Bonchev–Trinajstić information content (AvgIpc) is 2.17. The second-order valence-corrected chi connectivity index (χ2v) is 3.17. The molecule has 0 amide bonds. The molecule has 0 heterocycles. The summed E-state index contributed by atoms with van der Waals surface area (Å²) in [7, 11) is 0. The van der Waals surface area contributed by atoms with Crippen LogP contribution in [0.4, 0.5) is 0 Å². The average molecular weight is 179 g/mol. The van der Waals surface area contributed by atoms with Gasteiger partial charge in [0.1, 0.15) is 12.4 Å². The molecule has 1 aromatic carbocycles. The molecule has 13 heavy (non-hydrogen) atoms. The third-order valence-electron chi connectivity index (χ3n) is 1.87. The number of para-hydroxylation sites is 1. The standard InChI is InChI=1S/C11H17NO/c1-2-6-10(12)9-13-11-7-4-3-5-8-11/h3-5,7-8,10H,2,6,9,12H2,1H3/t10-/m1/s1. The minimum atomic E-state index is 0.158. The number of benzene rings is 1. The fourth-order valence-electron chi connectivity index (χ4n) is 1.17. The van der Waals surface area contributed by atoms with Gasteiger partial charge in [-0.1, -0.05) is 31.5 Å². The van der Waals surface area contributed by atoms with E-state index >= 15 is 0 Å². The molecule has 2 N–H and O–H groups in total. The van der Waals surface area contributed by atoms with Crippen LogP contribution in [-0.4, -0.2) is 12.6 Å². The first kappa shape index (κ1) is 10.1. The molecule has 0 aliphatic carbocycles. The highest BCUT2D eigenvalue weighted by Gasteiger charge is 2.00. The van der Waals surface area contributed by atoms with E-state index in [0.717, 1.165) is 18.6 Å². The van der Waals surface area contributed by atoms with Crippen molar-refractivity contribution in [1.82, 2.24) is 0 Å². The van der Waals surface area contributed by atoms with E-state index in [-0.39, 0.29) is 6.04 Å². The van der Waals surface area contributed by atoms with Crippen LogP contribution in [0.1, 0.15) is 19.8 Å². The van der Waals surface area contributed by atoms with Gasteiger partial charge in [0, 0.05) is 6.04 Å². The highest BCUT2D eigenvalue weighted by Crippen LogP contribution is 2.08. The Bertz CT molecular complexity index is 223. The molecule has 0 bridgehead atoms. The van der Waals surface area contributed by atoms with Crippen molar-refractivity contribution >= 4 is 0 Å². The molecule has 0 fully saturated rings. The monoisotopic (exact) mass is 179 g/mol. The summed E-state index contributed by atoms with van der Waals surface area (Å²) >= 11 is 0. The molecule has 2 nitrogen and oxygen atoms in total. The second kappa shape index (κ2) is 5.60. The van der Waals surface area contributed by atoms with Crippen LogP contribution in [0.25, 0.3) is 0 Å². The summed E-state index contributed by atoms with van der Waals surface area (Å²) in [5, 5.41) is 0. The summed E-state index contributed by atoms with van der Waals surface area (Å²) < 4.78 is 5.50. The van der Waals surface area contributed by atoms with Crippen LogP contribution in [-0.2, 0) is 0 Å². The van der Waals surface area contributed by atoms with Crippen LogP contribution >= 0.6 is 0 Å². The third kappa shape index (κ3) is 3.95. The highest BCUT2D eigenvalue weighted by molar-refractivity contribution is 5.20. The molecule has 0 saturated heterocycles. The summed E-state index contributed by atoms with van der Waals surface area (Å²) in [5.74, 6) is 0.897. The zero-order valence-electron chi connectivity index (χ0n) is 8.07. The van der Waals surface area contributed by atoms with E-state index in [0.29, 0.717) is 6.61 Å². The number of nitrogens with two attached hydrogens (primary N) is 1. The van der Waals surface area contributed by atoms with Crippen molar-refractivity contribution < 1.29 is 4.74 Å². The highest BCUT2D eigenvalue weighted by atomic mass is 16.5. The van der Waals surface area contributed by atoms with Gasteiger partial charge in [-0.3, -0.25) is 0 Å². The van der Waals surface area contributed by atoms with Gasteiger partial charge in [-0.2, -0.15) is 0 Å². The third-order valence-corrected chi connectivity index (χ3v) is 1.87. The first-order valence-corrected chi connectivity index (χ1v) is 4.76. The van der Waals surface area contributed by atoms with Gasteiger partial charge in [0.15, 0.2) is 0 Å². The number of ether oxygens (including phenoxy) is 1. The minimum absolute atomic E-state index is 0.158. The maximum Gasteiger partial charge on any atom is 0.119 e. The molecule has 0 aliphatic heterocycles. The van der Waals surface area contributed by atoms with Crippen LogP contribution in [0, 0.1) is 0 Å². The zero-order chi connectivity index (χ0) is 9.52. The van der Waals surface area contributed by atoms with Crippen LogP contribution in [0.15, 0.2) is 30.3 Å². The summed E-state index contributed by atoms with van der Waals surface area (Å²) in [4.78, 5) is 0. The maximum atomic E-state index is 5.81. The lowest BCUT2D eigenvalue weighted by Gasteiger charge is -2.11. The van der Waals surface area contributed by atoms with Crippen LogP contribution in [0.2, 0.25) is 0 Å². The van der Waals surface area contributed by atoms with E-state index in [2.05, 4.69) is 6.92 Å². The number of rotatable bonds is 5. The van der Waals surface area contributed by atoms with Gasteiger partial charge in [0.25, 0.3) is 0 Å². The predicted molar refractivity (Wildman–Crippen MR) is 54.8 cm³/mol. The largest absolute Gasteiger partial charge is 0.492 e. The Morgan fingerprint density at radius 3 is 2.62 bits per heavy atom. The first-order chi connectivity index (χ1) is 6.33. The van der Waals surface area contributed by atoms with Gasteiger partial charge in [-0.05, 0) is 18.6 Å². The lowest BCUT2D eigenvalue weighted by molar-refractivity contribution is 0.281. The van der Waals surface area contributed by atoms with Crippen molar-refractivity contribution in [2.24, 2.45) is 5.73 Å². The molecule has 0 aromatic heterocycles. The lowest BCUT2D eigenvalue weighted by Crippen LogP contribution is -2.27. The van der Waals surface area contributed by atoms with Crippen molar-refractivity contribution in [3.05, 3.63) is 30.3 Å². The Kier molecular flexibility index (Phi) is 4.33. The molecular weight excluding hydrogens is 162 g/mol. The fourth-order valence-corrected chi connectivity index (χ4v) is 1.17. The summed E-state index contributed by atoms with van der Waals surface area (Å²) in [6, 6.07) is 9.93. The molecule has 2 heteroatoms. The normalized spacial score (nSPS) is 12.5. The molecule has 0 spiro atoms. The molecule has 1 rings (SSSR count). The Labute approximate surface area is 79.7 Å². The molecule has 0 unspecified atom stereocenters. The van der Waals surface area contributed by atoms with E-state index in [1.165, 1.54) is 0 Å². The SMILES string of the molecule is CCC[C@@H](N)COc1ccccc1. The molecule has 1 atom stereocenters. The Hall–Kier alpha value is -1.02. The van der Waals surface area contributed by atoms with E-state index in [1.807, 2.05) is 30.3 Å². The van der Waals surface area contributed by atoms with Crippen LogP contribution < -0.4 is 10.5 Å². The molecule has 0 saturated carbocycles. The Morgan fingerprint density at radius 1 is 1.31 bits per heavy atom. The fraction of sp³-hybridized carbons (Fsp3) is 0.455. The van der Waals surface area contributed by atoms with E-state index in [4.69, 9.17) is 10.5 Å². The van der Waals surface area contributed by atoms with Gasteiger partial charge >= 0.3 is 0 Å². The predicted octanol–water partition coefficient (Wildman–Crippen LogP) is 2.19. The van der Waals surface area contributed by atoms with Gasteiger partial charge in [-0.25, -0.2) is 0 Å². The lowest BCUT2D eigenvalue weighted by atomic mass is 10.2. The quantitative estimate of drug-likeness (QED) is 0.752. The van der Waals surface area contributed by atoms with E-state index in [1.54, 1.807) is 0 Å². The number of hydrogen-bond donors (Lipinski definition) is 1. The molecule has 0 aliphatic rings. The van der Waals surface area contributed by atoms with Gasteiger partial charge in [0.05, 0.1) is 0 Å². The Morgan fingerprint density at radius 2 is 2.00 bits per heavy atom. The summed E-state index contributed by atoms with van der Waals surface area (Å²) in [6.07, 6.45) is 2.13. The van der Waals surface area contributed by atoms with Crippen molar-refractivity contribution in [2.45, 2.75) is 25.8 Å². The van der Waals surface area contributed by atoms with Gasteiger partial charge < -0.3 is 10.5 Å². The van der Waals surface area contributed by atoms with Crippen molar-refractivity contribution in [2.75, 3.05) is 6.61 Å². The smallest absolute Gasteiger partial charge is 0.119 e. The minimum Gasteiger partial charge on any atom is -0.492 e. The molecule has 0 radical (unpaired) electrons. The van der Waals surface area contributed by atoms with Crippen molar-refractivity contribution in [3.8, 4) is 5.75 Å². The van der Waals surface area contributed by atoms with Gasteiger partial charge in [-0.15, -0.1) is 0 Å². The summed E-state index contributed by atoms with van der Waals surface area (Å²) in [6.45, 7) is 2.74.